The van der Waals surface area contributed by atoms with Crippen molar-refractivity contribution < 1.29 is 0 Å². The van der Waals surface area contributed by atoms with Crippen molar-refractivity contribution in [1.29, 1.82) is 0 Å². The van der Waals surface area contributed by atoms with Crippen LogP contribution in [0.4, 0.5) is 5.82 Å². The van der Waals surface area contributed by atoms with Gasteiger partial charge in [-0.25, -0.2) is 9.98 Å². The van der Waals surface area contributed by atoms with Crippen molar-refractivity contribution in [3.63, 3.8) is 0 Å². The van der Waals surface area contributed by atoms with Crippen LogP contribution in [0.1, 0.15) is 54.8 Å². The fourth-order valence-corrected chi connectivity index (χ4v) is 3.28. The first-order valence-electron chi connectivity index (χ1n) is 10.7. The summed E-state index contributed by atoms with van der Waals surface area (Å²) in [6, 6.07) is 6.13. The largest absolute Gasteiger partial charge is 0.387 e. The Morgan fingerprint density at radius 3 is 2.68 bits per heavy atom. The Morgan fingerprint density at radius 1 is 1.10 bits per heavy atom. The molecule has 0 aliphatic heterocycles. The molecule has 0 aliphatic rings. The Labute approximate surface area is 184 Å². The van der Waals surface area contributed by atoms with Gasteiger partial charge in [-0.2, -0.15) is 0 Å². The molecular formula is C26H31N5. The number of nitrogens with two attached hydrogens (primary N) is 1. The first-order valence-corrected chi connectivity index (χ1v) is 10.7. The highest BCUT2D eigenvalue weighted by Gasteiger charge is 2.07. The molecule has 5 heteroatoms. The second-order valence-corrected chi connectivity index (χ2v) is 7.92. The summed E-state index contributed by atoms with van der Waals surface area (Å²) in [7, 11) is 0. The van der Waals surface area contributed by atoms with Crippen molar-refractivity contribution in [2.24, 2.45) is 10.7 Å². The second-order valence-electron chi connectivity index (χ2n) is 7.92. The lowest BCUT2D eigenvalue weighted by molar-refractivity contribution is 0.971. The first kappa shape index (κ1) is 22.3. The topological polar surface area (TPSA) is 77.0 Å². The Hall–Kier alpha value is -3.34. The van der Waals surface area contributed by atoms with Gasteiger partial charge in [-0.3, -0.25) is 9.97 Å². The molecule has 3 heterocycles. The maximum atomic E-state index is 6.27. The summed E-state index contributed by atoms with van der Waals surface area (Å²) in [4.78, 5) is 18.3. The van der Waals surface area contributed by atoms with E-state index in [1.807, 2.05) is 32.2 Å². The van der Waals surface area contributed by atoms with Crippen LogP contribution in [-0.2, 0) is 6.42 Å². The third-order valence-corrected chi connectivity index (χ3v) is 5.44. The zero-order chi connectivity index (χ0) is 22.4. The first-order chi connectivity index (χ1) is 14.9. The lowest BCUT2D eigenvalue weighted by Crippen LogP contribution is -2.13. The molecule has 0 spiro atoms. The normalized spacial score (nSPS) is 12.8. The standard InChI is InChI=1S/C26H31N5/c1-6-17(2)8-7-9-22-18(3)14-15-28-26(22)31-24(27)13-11-21-10-12-23-20(5)29-16-19(4)25(23)30-21/h7-10,12,14-16H,6,11,13H2,1-5H3,(H2,27,28,31)/b9-7-,17-8?. The molecule has 0 atom stereocenters. The average molecular weight is 414 g/mol. The minimum absolute atomic E-state index is 0.553. The number of nitrogens with zero attached hydrogens (tertiary/aromatic N) is 4. The van der Waals surface area contributed by atoms with E-state index in [9.17, 15) is 0 Å². The van der Waals surface area contributed by atoms with Crippen molar-refractivity contribution >= 4 is 28.6 Å². The predicted molar refractivity (Wildman–Crippen MR) is 131 cm³/mol. The highest BCUT2D eigenvalue weighted by molar-refractivity contribution is 5.85. The summed E-state index contributed by atoms with van der Waals surface area (Å²) < 4.78 is 0. The third kappa shape index (κ3) is 5.63. The second kappa shape index (κ2) is 10.1. The molecule has 5 nitrogen and oxygen atoms in total. The highest BCUT2D eigenvalue weighted by Crippen LogP contribution is 2.22. The van der Waals surface area contributed by atoms with Gasteiger partial charge in [-0.05, 0) is 69.9 Å². The lowest BCUT2D eigenvalue weighted by Gasteiger charge is -2.08. The molecule has 2 N–H and O–H groups in total. The highest BCUT2D eigenvalue weighted by atomic mass is 15.0. The van der Waals surface area contributed by atoms with Crippen LogP contribution in [0.25, 0.3) is 17.0 Å². The van der Waals surface area contributed by atoms with E-state index in [0.29, 0.717) is 18.1 Å². The van der Waals surface area contributed by atoms with Crippen LogP contribution in [0, 0.1) is 20.8 Å². The van der Waals surface area contributed by atoms with Crippen LogP contribution >= 0.6 is 0 Å². The number of aryl methyl sites for hydroxylation is 4. The zero-order valence-electron chi connectivity index (χ0n) is 19.1. The van der Waals surface area contributed by atoms with Crippen molar-refractivity contribution in [3.8, 4) is 0 Å². The van der Waals surface area contributed by atoms with E-state index in [4.69, 9.17) is 10.7 Å². The molecule has 0 unspecified atom stereocenters. The minimum atomic E-state index is 0.553. The van der Waals surface area contributed by atoms with Gasteiger partial charge in [0.25, 0.3) is 0 Å². The molecule has 3 aromatic heterocycles. The smallest absolute Gasteiger partial charge is 0.161 e. The summed E-state index contributed by atoms with van der Waals surface area (Å²) >= 11 is 0. The molecule has 160 valence electrons. The molecule has 0 saturated heterocycles. The van der Waals surface area contributed by atoms with E-state index in [2.05, 4.69) is 60.0 Å². The number of hydrogen-bond acceptors (Lipinski definition) is 4. The van der Waals surface area contributed by atoms with E-state index >= 15 is 0 Å². The summed E-state index contributed by atoms with van der Waals surface area (Å²) in [6.07, 6.45) is 12.3. The maximum absolute atomic E-state index is 6.27. The van der Waals surface area contributed by atoms with Crippen molar-refractivity contribution in [1.82, 2.24) is 15.0 Å². The summed E-state index contributed by atoms with van der Waals surface area (Å²) in [5, 5.41) is 1.10. The van der Waals surface area contributed by atoms with Crippen molar-refractivity contribution in [2.45, 2.75) is 53.9 Å². The van der Waals surface area contributed by atoms with Crippen LogP contribution in [-0.4, -0.2) is 20.8 Å². The van der Waals surface area contributed by atoms with Gasteiger partial charge in [0.15, 0.2) is 5.82 Å². The number of aromatic nitrogens is 3. The van der Waals surface area contributed by atoms with E-state index in [0.717, 1.165) is 51.8 Å². The molecular weight excluding hydrogens is 382 g/mol. The molecule has 0 aromatic carbocycles. The van der Waals surface area contributed by atoms with Crippen LogP contribution in [0.15, 0.2) is 53.3 Å². The molecule has 0 fully saturated rings. The van der Waals surface area contributed by atoms with E-state index in [-0.39, 0.29) is 0 Å². The van der Waals surface area contributed by atoms with Crippen LogP contribution in [0.3, 0.4) is 0 Å². The van der Waals surface area contributed by atoms with Crippen molar-refractivity contribution in [2.75, 3.05) is 0 Å². The van der Waals surface area contributed by atoms with E-state index in [1.54, 1.807) is 6.20 Å². The van der Waals surface area contributed by atoms with Gasteiger partial charge in [0.2, 0.25) is 0 Å². The predicted octanol–water partition coefficient (Wildman–Crippen LogP) is 5.94. The number of fused-ring (bicyclic) bond motifs is 1. The van der Waals surface area contributed by atoms with Crippen LogP contribution in [0.5, 0.6) is 0 Å². The summed E-state index contributed by atoms with van der Waals surface area (Å²) in [5.41, 5.74) is 13.8. The number of rotatable bonds is 7. The molecule has 0 amide bonds. The Balaban J connectivity index is 1.79. The fraction of sp³-hybridized carbons (Fsp3) is 0.308. The molecule has 31 heavy (non-hydrogen) atoms. The average Bonchev–Trinajstić information content (AvgIpc) is 2.76. The Kier molecular flexibility index (Phi) is 7.29. The fourth-order valence-electron chi connectivity index (χ4n) is 3.28. The molecule has 0 radical (unpaired) electrons. The SMILES string of the molecule is CCC(C)=C/C=C\c1c(C)ccnc1N=C(N)CCc1ccc2c(C)ncc(C)c2n1. The number of allylic oxidation sites excluding steroid dienone is 3. The summed E-state index contributed by atoms with van der Waals surface area (Å²) in [6.45, 7) is 10.4. The lowest BCUT2D eigenvalue weighted by atomic mass is 10.1. The van der Waals surface area contributed by atoms with Gasteiger partial charge < -0.3 is 5.73 Å². The number of aliphatic imine (C=N–C) groups is 1. The number of amidine groups is 1. The van der Waals surface area contributed by atoms with Crippen LogP contribution < -0.4 is 5.73 Å². The van der Waals surface area contributed by atoms with Gasteiger partial charge in [-0.15, -0.1) is 0 Å². The third-order valence-electron chi connectivity index (χ3n) is 5.44. The maximum Gasteiger partial charge on any atom is 0.161 e. The summed E-state index contributed by atoms with van der Waals surface area (Å²) in [5.74, 6) is 1.21. The van der Waals surface area contributed by atoms with E-state index in [1.165, 1.54) is 5.57 Å². The van der Waals surface area contributed by atoms with Gasteiger partial charge in [-0.1, -0.05) is 30.7 Å². The number of hydrogen-bond donors (Lipinski definition) is 1. The van der Waals surface area contributed by atoms with Gasteiger partial charge in [0.05, 0.1) is 5.52 Å². The molecule has 3 rings (SSSR count). The molecule has 0 bridgehead atoms. The Morgan fingerprint density at radius 2 is 1.90 bits per heavy atom. The Bertz CT molecular complexity index is 1170. The van der Waals surface area contributed by atoms with Gasteiger partial charge in [0, 0.05) is 41.2 Å². The molecule has 0 saturated carbocycles. The van der Waals surface area contributed by atoms with Crippen molar-refractivity contribution in [3.05, 3.63) is 76.4 Å². The molecule has 0 aliphatic carbocycles. The number of pyridine rings is 3. The molecule has 3 aromatic rings. The zero-order valence-corrected chi connectivity index (χ0v) is 19.1. The van der Waals surface area contributed by atoms with E-state index < -0.39 is 0 Å². The monoisotopic (exact) mass is 413 g/mol. The van der Waals surface area contributed by atoms with Crippen LogP contribution in [0.2, 0.25) is 0 Å². The van der Waals surface area contributed by atoms with Gasteiger partial charge in [0.1, 0.15) is 5.84 Å². The van der Waals surface area contributed by atoms with Gasteiger partial charge >= 0.3 is 0 Å². The quantitative estimate of drug-likeness (QED) is 0.295. The minimum Gasteiger partial charge on any atom is -0.387 e.